The molecule has 0 amide bonds. The van der Waals surface area contributed by atoms with Gasteiger partial charge >= 0.3 is 0 Å². The SMILES string of the molecule is CCCCCCCCCCCCCCC(CO)(NCC)NCC. The average Bonchev–Trinajstić information content (AvgIpc) is 2.56. The largest absolute Gasteiger partial charge is 0.393 e. The van der Waals surface area contributed by atoms with Gasteiger partial charge < -0.3 is 5.11 Å². The summed E-state index contributed by atoms with van der Waals surface area (Å²) in [5, 5.41) is 16.5. The van der Waals surface area contributed by atoms with Crippen LogP contribution in [0.1, 0.15) is 104 Å². The van der Waals surface area contributed by atoms with Gasteiger partial charge in [-0.15, -0.1) is 0 Å². The van der Waals surface area contributed by atoms with Crippen LogP contribution in [0.5, 0.6) is 0 Å². The van der Waals surface area contributed by atoms with Gasteiger partial charge in [0.15, 0.2) is 0 Å². The molecule has 0 aromatic heterocycles. The summed E-state index contributed by atoms with van der Waals surface area (Å²) in [5.41, 5.74) is -0.262. The molecule has 0 unspecified atom stereocenters. The Bertz CT molecular complexity index is 228. The Balaban J connectivity index is 3.49. The molecule has 0 aromatic carbocycles. The third-order valence-corrected chi connectivity index (χ3v) is 4.76. The first-order valence-corrected chi connectivity index (χ1v) is 10.4. The smallest absolute Gasteiger partial charge is 0.0924 e. The van der Waals surface area contributed by atoms with E-state index in [1.807, 2.05) is 0 Å². The summed E-state index contributed by atoms with van der Waals surface area (Å²) in [6.45, 7) is 8.44. The molecule has 0 heterocycles. The van der Waals surface area contributed by atoms with E-state index in [0.717, 1.165) is 19.5 Å². The molecule has 0 aliphatic carbocycles. The van der Waals surface area contributed by atoms with E-state index >= 15 is 0 Å². The molecular formula is C20H44N2O. The molecule has 0 rings (SSSR count). The Hall–Kier alpha value is -0.120. The van der Waals surface area contributed by atoms with Crippen LogP contribution < -0.4 is 10.6 Å². The maximum Gasteiger partial charge on any atom is 0.0924 e. The second-order valence-electron chi connectivity index (χ2n) is 6.94. The zero-order chi connectivity index (χ0) is 17.2. The van der Waals surface area contributed by atoms with Crippen LogP contribution in [-0.2, 0) is 0 Å². The van der Waals surface area contributed by atoms with E-state index in [1.54, 1.807) is 0 Å². The van der Waals surface area contributed by atoms with Crippen LogP contribution in [-0.4, -0.2) is 30.5 Å². The first-order chi connectivity index (χ1) is 11.2. The number of aliphatic hydroxyl groups excluding tert-OH is 1. The summed E-state index contributed by atoms with van der Waals surface area (Å²) in [6, 6.07) is 0. The highest BCUT2D eigenvalue weighted by Crippen LogP contribution is 2.15. The Morgan fingerprint density at radius 2 is 1.00 bits per heavy atom. The van der Waals surface area contributed by atoms with Crippen molar-refractivity contribution in [1.82, 2.24) is 10.6 Å². The van der Waals surface area contributed by atoms with Crippen LogP contribution in [0.4, 0.5) is 0 Å². The molecule has 0 fully saturated rings. The molecule has 3 nitrogen and oxygen atoms in total. The minimum atomic E-state index is -0.262. The van der Waals surface area contributed by atoms with Gasteiger partial charge in [-0.05, 0) is 19.5 Å². The van der Waals surface area contributed by atoms with Gasteiger partial charge in [0.1, 0.15) is 0 Å². The molecule has 0 spiro atoms. The van der Waals surface area contributed by atoms with Gasteiger partial charge in [-0.3, -0.25) is 10.6 Å². The van der Waals surface area contributed by atoms with Crippen LogP contribution in [0.2, 0.25) is 0 Å². The van der Waals surface area contributed by atoms with Crippen molar-refractivity contribution in [3.05, 3.63) is 0 Å². The van der Waals surface area contributed by atoms with Crippen molar-refractivity contribution in [3.8, 4) is 0 Å². The molecule has 0 saturated carbocycles. The van der Waals surface area contributed by atoms with Gasteiger partial charge in [0.25, 0.3) is 0 Å². The predicted octanol–water partition coefficient (Wildman–Crippen LogP) is 4.99. The van der Waals surface area contributed by atoms with E-state index in [1.165, 1.54) is 77.0 Å². The highest BCUT2D eigenvalue weighted by atomic mass is 16.3. The molecule has 3 N–H and O–H groups in total. The predicted molar refractivity (Wildman–Crippen MR) is 103 cm³/mol. The lowest BCUT2D eigenvalue weighted by Crippen LogP contribution is -2.59. The van der Waals surface area contributed by atoms with E-state index in [4.69, 9.17) is 0 Å². The maximum atomic E-state index is 9.69. The van der Waals surface area contributed by atoms with Crippen molar-refractivity contribution in [2.75, 3.05) is 19.7 Å². The fourth-order valence-electron chi connectivity index (χ4n) is 3.37. The number of hydrogen-bond donors (Lipinski definition) is 3. The minimum absolute atomic E-state index is 0.173. The van der Waals surface area contributed by atoms with Gasteiger partial charge in [0.2, 0.25) is 0 Å². The molecule has 0 radical (unpaired) electrons. The Morgan fingerprint density at radius 1 is 0.609 bits per heavy atom. The van der Waals surface area contributed by atoms with Crippen LogP contribution in [0, 0.1) is 0 Å². The lowest BCUT2D eigenvalue weighted by molar-refractivity contribution is 0.119. The van der Waals surface area contributed by atoms with E-state index in [2.05, 4.69) is 31.4 Å². The van der Waals surface area contributed by atoms with Crippen LogP contribution in [0.3, 0.4) is 0 Å². The Morgan fingerprint density at radius 3 is 1.35 bits per heavy atom. The fourth-order valence-corrected chi connectivity index (χ4v) is 3.37. The number of likely N-dealkylation sites (N-methyl/N-ethyl adjacent to an activating group) is 2. The highest BCUT2D eigenvalue weighted by Gasteiger charge is 2.25. The standard InChI is InChI=1S/C20H44N2O/c1-4-7-8-9-10-11-12-13-14-15-16-17-18-20(19-23,21-5-2)22-6-3/h21-23H,4-19H2,1-3H3. The molecular weight excluding hydrogens is 284 g/mol. The quantitative estimate of drug-likeness (QED) is 0.245. The molecule has 0 aliphatic rings. The van der Waals surface area contributed by atoms with Crippen molar-refractivity contribution < 1.29 is 5.11 Å². The summed E-state index contributed by atoms with van der Waals surface area (Å²) >= 11 is 0. The molecule has 0 aliphatic heterocycles. The van der Waals surface area contributed by atoms with E-state index in [-0.39, 0.29) is 12.3 Å². The van der Waals surface area contributed by atoms with Gasteiger partial charge in [0.05, 0.1) is 12.3 Å². The zero-order valence-corrected chi connectivity index (χ0v) is 16.3. The molecule has 3 heteroatoms. The third kappa shape index (κ3) is 12.9. The van der Waals surface area contributed by atoms with Gasteiger partial charge in [-0.1, -0.05) is 97.8 Å². The third-order valence-electron chi connectivity index (χ3n) is 4.76. The van der Waals surface area contributed by atoms with Crippen LogP contribution in [0.25, 0.3) is 0 Å². The van der Waals surface area contributed by atoms with E-state index < -0.39 is 0 Å². The minimum Gasteiger partial charge on any atom is -0.393 e. The summed E-state index contributed by atoms with van der Waals surface area (Å²) < 4.78 is 0. The maximum absolute atomic E-state index is 9.69. The molecule has 23 heavy (non-hydrogen) atoms. The normalized spacial score (nSPS) is 12.0. The van der Waals surface area contributed by atoms with Crippen LogP contribution in [0.15, 0.2) is 0 Å². The Labute approximate surface area is 146 Å². The monoisotopic (exact) mass is 328 g/mol. The number of aliphatic hydroxyl groups is 1. The van der Waals surface area contributed by atoms with Crippen molar-refractivity contribution in [2.45, 2.75) is 110 Å². The summed E-state index contributed by atoms with van der Waals surface area (Å²) in [4.78, 5) is 0. The van der Waals surface area contributed by atoms with Crippen molar-refractivity contribution in [1.29, 1.82) is 0 Å². The van der Waals surface area contributed by atoms with E-state index in [0.29, 0.717) is 0 Å². The molecule has 0 aromatic rings. The summed E-state index contributed by atoms with van der Waals surface area (Å²) in [6.07, 6.45) is 17.5. The zero-order valence-electron chi connectivity index (χ0n) is 16.3. The summed E-state index contributed by atoms with van der Waals surface area (Å²) in [5.74, 6) is 0. The molecule has 0 atom stereocenters. The first-order valence-electron chi connectivity index (χ1n) is 10.4. The number of hydrogen-bond acceptors (Lipinski definition) is 3. The Kier molecular flexibility index (Phi) is 16.6. The van der Waals surface area contributed by atoms with Gasteiger partial charge in [-0.25, -0.2) is 0 Å². The van der Waals surface area contributed by atoms with Crippen molar-refractivity contribution in [2.24, 2.45) is 0 Å². The number of unbranched alkanes of at least 4 members (excludes halogenated alkanes) is 11. The summed E-state index contributed by atoms with van der Waals surface area (Å²) in [7, 11) is 0. The van der Waals surface area contributed by atoms with Crippen LogP contribution >= 0.6 is 0 Å². The molecule has 0 bridgehead atoms. The lowest BCUT2D eigenvalue weighted by Gasteiger charge is -2.34. The highest BCUT2D eigenvalue weighted by molar-refractivity contribution is 4.83. The van der Waals surface area contributed by atoms with Crippen molar-refractivity contribution in [3.63, 3.8) is 0 Å². The number of rotatable bonds is 18. The lowest BCUT2D eigenvalue weighted by atomic mass is 10.00. The second-order valence-corrected chi connectivity index (χ2v) is 6.94. The van der Waals surface area contributed by atoms with Gasteiger partial charge in [-0.2, -0.15) is 0 Å². The number of nitrogens with one attached hydrogen (secondary N) is 2. The molecule has 140 valence electrons. The average molecular weight is 329 g/mol. The second kappa shape index (κ2) is 16.7. The fraction of sp³-hybridized carbons (Fsp3) is 1.00. The van der Waals surface area contributed by atoms with E-state index in [9.17, 15) is 5.11 Å². The first kappa shape index (κ1) is 22.9. The topological polar surface area (TPSA) is 44.3 Å². The van der Waals surface area contributed by atoms with Gasteiger partial charge in [0, 0.05) is 0 Å². The van der Waals surface area contributed by atoms with Crippen molar-refractivity contribution >= 4 is 0 Å². The molecule has 0 saturated heterocycles.